The molecule has 14 heavy (non-hydrogen) atoms. The first-order valence-electron chi connectivity index (χ1n) is 4.02. The number of hydrogen-bond donors (Lipinski definition) is 0. The first-order chi connectivity index (χ1) is 6.50. The summed E-state index contributed by atoms with van der Waals surface area (Å²) < 4.78 is 24.2. The minimum absolute atomic E-state index is 0.298. The van der Waals surface area contributed by atoms with Gasteiger partial charge in [-0.25, -0.2) is 8.60 Å². The van der Waals surface area contributed by atoms with Crippen LogP contribution in [0, 0.1) is 5.82 Å². The van der Waals surface area contributed by atoms with Crippen molar-refractivity contribution in [3.05, 3.63) is 29.6 Å². The molecule has 0 aliphatic rings. The summed E-state index contributed by atoms with van der Waals surface area (Å²) in [5.74, 6) is -0.370. The van der Waals surface area contributed by atoms with Crippen LogP contribution < -0.4 is 0 Å². The molecular formula is C9H11ClFNOS. The Balaban J connectivity index is 2.95. The Hall–Kier alpha value is -0.450. The summed E-state index contributed by atoms with van der Waals surface area (Å²) in [5, 5.41) is 0. The third-order valence-electron chi connectivity index (χ3n) is 1.70. The van der Waals surface area contributed by atoms with Crippen LogP contribution in [-0.2, 0) is 16.6 Å². The van der Waals surface area contributed by atoms with Crippen LogP contribution in [0.4, 0.5) is 4.39 Å². The van der Waals surface area contributed by atoms with Gasteiger partial charge < -0.3 is 4.90 Å². The second kappa shape index (κ2) is 4.87. The van der Waals surface area contributed by atoms with E-state index in [4.69, 9.17) is 10.7 Å². The van der Waals surface area contributed by atoms with Crippen molar-refractivity contribution in [1.82, 2.24) is 4.90 Å². The molecule has 0 bridgehead atoms. The number of rotatable bonds is 3. The van der Waals surface area contributed by atoms with Crippen LogP contribution in [0.3, 0.4) is 0 Å². The maximum atomic E-state index is 13.4. The molecule has 1 aromatic rings. The van der Waals surface area contributed by atoms with E-state index < -0.39 is 10.0 Å². The van der Waals surface area contributed by atoms with Gasteiger partial charge in [0.1, 0.15) is 15.8 Å². The van der Waals surface area contributed by atoms with Gasteiger partial charge >= 0.3 is 0 Å². The largest absolute Gasteiger partial charge is 0.305 e. The molecule has 78 valence electrons. The second-order valence-electron chi connectivity index (χ2n) is 3.21. The van der Waals surface area contributed by atoms with Gasteiger partial charge in [0.05, 0.1) is 4.90 Å². The molecule has 1 aromatic carbocycles. The van der Waals surface area contributed by atoms with E-state index in [0.717, 1.165) is 0 Å². The lowest BCUT2D eigenvalue weighted by Gasteiger charge is -2.10. The monoisotopic (exact) mass is 235 g/mol. The average molecular weight is 236 g/mol. The van der Waals surface area contributed by atoms with Crippen molar-refractivity contribution < 1.29 is 8.60 Å². The van der Waals surface area contributed by atoms with E-state index in [0.29, 0.717) is 17.0 Å². The van der Waals surface area contributed by atoms with Crippen molar-refractivity contribution >= 4 is 20.7 Å². The standard InChI is InChI=1S/C9H11ClFNOS/c1-12(2)6-7-3-4-8(14(10)13)5-9(7)11/h3-5H,6H2,1-2H3. The van der Waals surface area contributed by atoms with Crippen LogP contribution in [0.15, 0.2) is 23.1 Å². The van der Waals surface area contributed by atoms with Gasteiger partial charge in [-0.05, 0) is 36.9 Å². The van der Waals surface area contributed by atoms with E-state index in [1.54, 1.807) is 12.1 Å². The van der Waals surface area contributed by atoms with E-state index in [1.807, 2.05) is 19.0 Å². The zero-order valence-electron chi connectivity index (χ0n) is 7.96. The Morgan fingerprint density at radius 2 is 2.14 bits per heavy atom. The molecule has 2 nitrogen and oxygen atoms in total. The van der Waals surface area contributed by atoms with Crippen LogP contribution in [0.1, 0.15) is 5.56 Å². The lowest BCUT2D eigenvalue weighted by atomic mass is 10.2. The van der Waals surface area contributed by atoms with Crippen LogP contribution >= 0.6 is 10.7 Å². The predicted molar refractivity (Wildman–Crippen MR) is 56.1 cm³/mol. The Kier molecular flexibility index (Phi) is 4.04. The Labute approximate surface area is 89.6 Å². The fraction of sp³-hybridized carbons (Fsp3) is 0.333. The summed E-state index contributed by atoms with van der Waals surface area (Å²) in [5.41, 5.74) is 0.570. The molecule has 0 amide bonds. The fourth-order valence-electron chi connectivity index (χ4n) is 1.10. The molecule has 0 spiro atoms. The molecule has 0 saturated carbocycles. The maximum absolute atomic E-state index is 13.4. The van der Waals surface area contributed by atoms with Crippen LogP contribution in [0.25, 0.3) is 0 Å². The average Bonchev–Trinajstić information content (AvgIpc) is 2.07. The van der Waals surface area contributed by atoms with Gasteiger partial charge in [-0.1, -0.05) is 6.07 Å². The fourth-order valence-corrected chi connectivity index (χ4v) is 1.76. The summed E-state index contributed by atoms with van der Waals surface area (Å²) >= 11 is 0. The summed E-state index contributed by atoms with van der Waals surface area (Å²) in [6, 6.07) is 4.39. The van der Waals surface area contributed by atoms with Crippen molar-refractivity contribution in [1.29, 1.82) is 0 Å². The molecule has 1 rings (SSSR count). The molecule has 5 heteroatoms. The van der Waals surface area contributed by atoms with Gasteiger partial charge in [0.15, 0.2) is 0 Å². The van der Waals surface area contributed by atoms with Gasteiger partial charge in [-0.3, -0.25) is 0 Å². The highest BCUT2D eigenvalue weighted by atomic mass is 35.7. The lowest BCUT2D eigenvalue weighted by Crippen LogP contribution is -2.12. The zero-order valence-corrected chi connectivity index (χ0v) is 9.53. The van der Waals surface area contributed by atoms with Crippen molar-refractivity contribution in [2.45, 2.75) is 11.4 Å². The molecule has 0 fully saturated rings. The molecule has 0 aliphatic heterocycles. The Bertz CT molecular complexity index is 357. The first kappa shape index (κ1) is 11.6. The SMILES string of the molecule is CN(C)Cc1ccc(S(=O)Cl)cc1F. The van der Waals surface area contributed by atoms with Gasteiger partial charge in [0, 0.05) is 12.1 Å². The highest BCUT2D eigenvalue weighted by molar-refractivity contribution is 8.08. The predicted octanol–water partition coefficient (Wildman–Crippen LogP) is 2.15. The molecule has 0 aromatic heterocycles. The normalized spacial score (nSPS) is 13.2. The Morgan fingerprint density at radius 3 is 2.57 bits per heavy atom. The first-order valence-corrected chi connectivity index (χ1v) is 5.99. The van der Waals surface area contributed by atoms with Crippen molar-refractivity contribution in [3.8, 4) is 0 Å². The van der Waals surface area contributed by atoms with E-state index in [-0.39, 0.29) is 5.82 Å². The van der Waals surface area contributed by atoms with Crippen LogP contribution in [0.2, 0.25) is 0 Å². The van der Waals surface area contributed by atoms with Gasteiger partial charge in [0.2, 0.25) is 0 Å². The Morgan fingerprint density at radius 1 is 1.50 bits per heavy atom. The second-order valence-corrected chi connectivity index (χ2v) is 4.97. The van der Waals surface area contributed by atoms with E-state index in [9.17, 15) is 8.60 Å². The lowest BCUT2D eigenvalue weighted by molar-refractivity contribution is 0.392. The van der Waals surface area contributed by atoms with Crippen LogP contribution in [0.5, 0.6) is 0 Å². The molecule has 1 unspecified atom stereocenters. The number of nitrogens with zero attached hydrogens (tertiary/aromatic N) is 1. The molecule has 0 saturated heterocycles. The number of halogens is 2. The quantitative estimate of drug-likeness (QED) is 0.749. The molecule has 0 aliphatic carbocycles. The molecule has 0 N–H and O–H groups in total. The summed E-state index contributed by atoms with van der Waals surface area (Å²) in [6.45, 7) is 0.515. The molecule has 1 atom stereocenters. The van der Waals surface area contributed by atoms with Crippen molar-refractivity contribution in [3.63, 3.8) is 0 Å². The summed E-state index contributed by atoms with van der Waals surface area (Å²) in [4.78, 5) is 2.15. The minimum atomic E-state index is -1.64. The van der Waals surface area contributed by atoms with E-state index in [1.165, 1.54) is 6.07 Å². The maximum Gasteiger partial charge on any atom is 0.147 e. The number of benzene rings is 1. The van der Waals surface area contributed by atoms with Gasteiger partial charge in [-0.2, -0.15) is 0 Å². The van der Waals surface area contributed by atoms with Crippen LogP contribution in [-0.4, -0.2) is 23.2 Å². The van der Waals surface area contributed by atoms with E-state index >= 15 is 0 Å². The summed E-state index contributed by atoms with van der Waals surface area (Å²) in [6.07, 6.45) is 0. The topological polar surface area (TPSA) is 20.3 Å². The van der Waals surface area contributed by atoms with Crippen molar-refractivity contribution in [2.24, 2.45) is 0 Å². The summed E-state index contributed by atoms with van der Waals surface area (Å²) in [7, 11) is 7.40. The minimum Gasteiger partial charge on any atom is -0.305 e. The van der Waals surface area contributed by atoms with E-state index in [2.05, 4.69) is 0 Å². The highest BCUT2D eigenvalue weighted by Gasteiger charge is 2.07. The van der Waals surface area contributed by atoms with Gasteiger partial charge in [0.25, 0.3) is 0 Å². The third-order valence-corrected chi connectivity index (χ3v) is 2.86. The smallest absolute Gasteiger partial charge is 0.147 e. The molecule has 0 heterocycles. The van der Waals surface area contributed by atoms with Crippen molar-refractivity contribution in [2.75, 3.05) is 14.1 Å². The molecule has 0 radical (unpaired) electrons. The zero-order chi connectivity index (χ0) is 10.7. The number of hydrogen-bond acceptors (Lipinski definition) is 2. The third kappa shape index (κ3) is 3.04. The molecular weight excluding hydrogens is 225 g/mol. The highest BCUT2D eigenvalue weighted by Crippen LogP contribution is 2.16. The van der Waals surface area contributed by atoms with Gasteiger partial charge in [-0.15, -0.1) is 0 Å².